The number of morpholine rings is 1. The lowest BCUT2D eigenvalue weighted by atomic mass is 10.0. The average Bonchev–Trinajstić information content (AvgIpc) is 3.32. The van der Waals surface area contributed by atoms with Crippen LogP contribution in [-0.4, -0.2) is 50.5 Å². The fourth-order valence-corrected chi connectivity index (χ4v) is 3.22. The van der Waals surface area contributed by atoms with Crippen molar-refractivity contribution in [3.05, 3.63) is 53.1 Å². The summed E-state index contributed by atoms with van der Waals surface area (Å²) in [6, 6.07) is 5.37. The second kappa shape index (κ2) is 6.96. The van der Waals surface area contributed by atoms with E-state index in [4.69, 9.17) is 9.26 Å². The summed E-state index contributed by atoms with van der Waals surface area (Å²) in [5.74, 6) is 0.771. The highest BCUT2D eigenvalue weighted by Gasteiger charge is 2.33. The molecule has 0 saturated carbocycles. The lowest BCUT2D eigenvalue weighted by Gasteiger charge is -2.34. The Morgan fingerprint density at radius 2 is 2.15 bits per heavy atom. The first-order valence-corrected chi connectivity index (χ1v) is 8.82. The molecule has 1 aromatic carbocycles. The smallest absolute Gasteiger partial charge is 0.261 e. The van der Waals surface area contributed by atoms with Crippen molar-refractivity contribution >= 4 is 5.91 Å². The van der Waals surface area contributed by atoms with Gasteiger partial charge in [0, 0.05) is 25.4 Å². The molecular formula is C19H21N5O3. The molecule has 1 fully saturated rings. The van der Waals surface area contributed by atoms with E-state index >= 15 is 0 Å². The van der Waals surface area contributed by atoms with Crippen molar-refractivity contribution in [2.75, 3.05) is 19.8 Å². The molecule has 140 valence electrons. The second-order valence-corrected chi connectivity index (χ2v) is 6.70. The van der Waals surface area contributed by atoms with Crippen molar-refractivity contribution in [1.29, 1.82) is 0 Å². The quantitative estimate of drug-likeness (QED) is 0.706. The number of carbonyl (C=O) groups is 1. The van der Waals surface area contributed by atoms with Gasteiger partial charge in [-0.25, -0.2) is 0 Å². The van der Waals surface area contributed by atoms with Gasteiger partial charge in [-0.15, -0.1) is 0 Å². The lowest BCUT2D eigenvalue weighted by Crippen LogP contribution is -2.44. The van der Waals surface area contributed by atoms with E-state index in [1.54, 1.807) is 22.0 Å². The number of hydrogen-bond donors (Lipinski definition) is 0. The predicted octanol–water partition coefficient (Wildman–Crippen LogP) is 2.30. The van der Waals surface area contributed by atoms with Gasteiger partial charge in [-0.05, 0) is 31.0 Å². The van der Waals surface area contributed by atoms with E-state index in [0.29, 0.717) is 37.0 Å². The Morgan fingerprint density at radius 1 is 1.30 bits per heavy atom. The standard InChI is InChI=1S/C19H21N5O3/c1-12-5-4-6-15(13(12)2)19(25)24-7-8-26-11-16(24)17-21-18(27-22-17)14-9-20-23(3)10-14/h4-6,9-10,16H,7-8,11H2,1-3H3/t16-/m1/s1. The van der Waals surface area contributed by atoms with Crippen LogP contribution in [0.5, 0.6) is 0 Å². The van der Waals surface area contributed by atoms with Gasteiger partial charge in [0.15, 0.2) is 5.82 Å². The molecule has 0 radical (unpaired) electrons. The zero-order chi connectivity index (χ0) is 19.0. The Bertz CT molecular complexity index is 977. The van der Waals surface area contributed by atoms with E-state index in [1.807, 2.05) is 39.1 Å². The largest absolute Gasteiger partial charge is 0.377 e. The minimum Gasteiger partial charge on any atom is -0.377 e. The maximum Gasteiger partial charge on any atom is 0.261 e. The molecule has 4 rings (SSSR count). The highest BCUT2D eigenvalue weighted by atomic mass is 16.5. The van der Waals surface area contributed by atoms with Crippen LogP contribution in [0, 0.1) is 13.8 Å². The minimum absolute atomic E-state index is 0.0442. The van der Waals surface area contributed by atoms with Gasteiger partial charge in [0.05, 0.1) is 25.0 Å². The van der Waals surface area contributed by atoms with E-state index in [1.165, 1.54) is 0 Å². The number of hydrogen-bond acceptors (Lipinski definition) is 6. The van der Waals surface area contributed by atoms with Crippen LogP contribution in [0.1, 0.15) is 33.4 Å². The fraction of sp³-hybridized carbons (Fsp3) is 0.368. The number of amides is 1. The molecule has 2 aromatic heterocycles. The van der Waals surface area contributed by atoms with Crippen LogP contribution in [0.25, 0.3) is 11.5 Å². The Morgan fingerprint density at radius 3 is 2.93 bits per heavy atom. The summed E-state index contributed by atoms with van der Waals surface area (Å²) >= 11 is 0. The first kappa shape index (κ1) is 17.4. The topological polar surface area (TPSA) is 86.3 Å². The molecule has 8 heteroatoms. The van der Waals surface area contributed by atoms with Gasteiger partial charge in [-0.3, -0.25) is 9.48 Å². The predicted molar refractivity (Wildman–Crippen MR) is 97.0 cm³/mol. The number of aromatic nitrogens is 4. The highest BCUT2D eigenvalue weighted by molar-refractivity contribution is 5.96. The molecule has 1 aliphatic heterocycles. The molecule has 1 atom stereocenters. The lowest BCUT2D eigenvalue weighted by molar-refractivity contribution is -0.00581. The molecule has 3 heterocycles. The third-order valence-electron chi connectivity index (χ3n) is 4.92. The average molecular weight is 367 g/mol. The Labute approximate surface area is 156 Å². The van der Waals surface area contributed by atoms with Crippen LogP contribution in [0.3, 0.4) is 0 Å². The van der Waals surface area contributed by atoms with Gasteiger partial charge < -0.3 is 14.2 Å². The zero-order valence-electron chi connectivity index (χ0n) is 15.5. The van der Waals surface area contributed by atoms with Gasteiger partial charge in [-0.1, -0.05) is 17.3 Å². The van der Waals surface area contributed by atoms with Gasteiger partial charge >= 0.3 is 0 Å². The van der Waals surface area contributed by atoms with Gasteiger partial charge in [0.1, 0.15) is 6.04 Å². The number of ether oxygens (including phenoxy) is 1. The van der Waals surface area contributed by atoms with Crippen LogP contribution in [-0.2, 0) is 11.8 Å². The second-order valence-electron chi connectivity index (χ2n) is 6.70. The van der Waals surface area contributed by atoms with Crippen molar-refractivity contribution in [2.24, 2.45) is 7.05 Å². The fourth-order valence-electron chi connectivity index (χ4n) is 3.22. The molecule has 27 heavy (non-hydrogen) atoms. The number of aryl methyl sites for hydroxylation is 2. The molecule has 8 nitrogen and oxygen atoms in total. The van der Waals surface area contributed by atoms with Crippen LogP contribution in [0.15, 0.2) is 35.1 Å². The first-order chi connectivity index (χ1) is 13.0. The van der Waals surface area contributed by atoms with Crippen molar-refractivity contribution in [2.45, 2.75) is 19.9 Å². The SMILES string of the molecule is Cc1cccc(C(=O)N2CCOC[C@@H]2c2noc(-c3cnn(C)c3)n2)c1C. The molecule has 1 saturated heterocycles. The molecule has 1 aliphatic rings. The zero-order valence-corrected chi connectivity index (χ0v) is 15.5. The van der Waals surface area contributed by atoms with E-state index in [9.17, 15) is 4.79 Å². The molecule has 3 aromatic rings. The van der Waals surface area contributed by atoms with Crippen molar-refractivity contribution in [3.63, 3.8) is 0 Å². The number of carbonyl (C=O) groups excluding carboxylic acids is 1. The highest BCUT2D eigenvalue weighted by Crippen LogP contribution is 2.27. The van der Waals surface area contributed by atoms with Crippen LogP contribution >= 0.6 is 0 Å². The molecule has 0 unspecified atom stereocenters. The maximum absolute atomic E-state index is 13.2. The summed E-state index contributed by atoms with van der Waals surface area (Å²) in [4.78, 5) is 19.5. The summed E-state index contributed by atoms with van der Waals surface area (Å²) in [5, 5.41) is 8.21. The van der Waals surface area contributed by atoms with E-state index < -0.39 is 0 Å². The molecule has 1 amide bonds. The minimum atomic E-state index is -0.389. The molecule has 0 bridgehead atoms. The number of rotatable bonds is 3. The summed E-state index contributed by atoms with van der Waals surface area (Å²) in [6.45, 7) is 5.27. The summed E-state index contributed by atoms with van der Waals surface area (Å²) < 4.78 is 12.6. The molecule has 0 spiro atoms. The van der Waals surface area contributed by atoms with E-state index in [0.717, 1.165) is 16.7 Å². The van der Waals surface area contributed by atoms with Gasteiger partial charge in [0.25, 0.3) is 11.8 Å². The normalized spacial score (nSPS) is 17.3. The van der Waals surface area contributed by atoms with Crippen molar-refractivity contribution < 1.29 is 14.1 Å². The van der Waals surface area contributed by atoms with Crippen molar-refractivity contribution in [3.8, 4) is 11.5 Å². The number of benzene rings is 1. The Hall–Kier alpha value is -3.00. The number of nitrogens with zero attached hydrogens (tertiary/aromatic N) is 5. The molecule has 0 N–H and O–H groups in total. The van der Waals surface area contributed by atoms with Crippen LogP contribution in [0.2, 0.25) is 0 Å². The summed E-state index contributed by atoms with van der Waals surface area (Å²) in [6.07, 6.45) is 3.46. The maximum atomic E-state index is 13.2. The van der Waals surface area contributed by atoms with Gasteiger partial charge in [0.2, 0.25) is 0 Å². The van der Waals surface area contributed by atoms with E-state index in [-0.39, 0.29) is 11.9 Å². The monoisotopic (exact) mass is 367 g/mol. The Balaban J connectivity index is 1.64. The van der Waals surface area contributed by atoms with Gasteiger partial charge in [-0.2, -0.15) is 10.1 Å². The van der Waals surface area contributed by atoms with Crippen LogP contribution in [0.4, 0.5) is 0 Å². The Kier molecular flexibility index (Phi) is 4.49. The van der Waals surface area contributed by atoms with Crippen LogP contribution < -0.4 is 0 Å². The third-order valence-corrected chi connectivity index (χ3v) is 4.92. The van der Waals surface area contributed by atoms with E-state index in [2.05, 4.69) is 15.2 Å². The summed E-state index contributed by atoms with van der Waals surface area (Å²) in [7, 11) is 1.82. The first-order valence-electron chi connectivity index (χ1n) is 8.82. The summed E-state index contributed by atoms with van der Waals surface area (Å²) in [5.41, 5.74) is 3.50. The molecular weight excluding hydrogens is 346 g/mol. The molecule has 0 aliphatic carbocycles. The van der Waals surface area contributed by atoms with Crippen molar-refractivity contribution in [1.82, 2.24) is 24.8 Å². The third kappa shape index (κ3) is 3.23.